The third kappa shape index (κ3) is 1.12. The molecule has 1 nitrogen and oxygen atoms in total. The molecule has 0 amide bonds. The van der Waals surface area contributed by atoms with Gasteiger partial charge in [0.25, 0.3) is 0 Å². The zero-order valence-corrected chi connectivity index (χ0v) is 12.6. The van der Waals surface area contributed by atoms with Crippen molar-refractivity contribution >= 4 is 0 Å². The summed E-state index contributed by atoms with van der Waals surface area (Å²) in [4.78, 5) is 0. The number of hydrogen-bond acceptors (Lipinski definition) is 1. The first kappa shape index (κ1) is 11.9. The largest absolute Gasteiger partial charge is 0.366 e. The van der Waals surface area contributed by atoms with Crippen molar-refractivity contribution < 1.29 is 4.74 Å². The molecule has 110 valence electrons. The first-order chi connectivity index (χ1) is 10.9. The van der Waals surface area contributed by atoms with Gasteiger partial charge in [-0.05, 0) is 41.7 Å². The fraction of sp³-hybridized carbons (Fsp3) is 0.429. The van der Waals surface area contributed by atoms with E-state index in [2.05, 4.69) is 60.7 Å². The normalized spacial score (nSPS) is 46.7. The molecule has 0 unspecified atom stereocenters. The Labute approximate surface area is 131 Å². The SMILES string of the molecule is c1ccc([C@H]2[C@H]3CC[C@@H]4[C@H]5O[C@](c6ccccc6)([C@@H]35)[C@@H]42)cc1. The molecular weight excluding hydrogens is 268 g/mol. The van der Waals surface area contributed by atoms with Gasteiger partial charge in [-0.25, -0.2) is 0 Å². The van der Waals surface area contributed by atoms with Crippen LogP contribution < -0.4 is 0 Å². The van der Waals surface area contributed by atoms with Gasteiger partial charge in [0.15, 0.2) is 0 Å². The molecule has 0 N–H and O–H groups in total. The molecule has 7 rings (SSSR count). The van der Waals surface area contributed by atoms with Crippen LogP contribution in [0.1, 0.15) is 29.9 Å². The molecule has 0 aromatic heterocycles. The third-order valence-electron chi connectivity index (χ3n) is 7.11. The Morgan fingerprint density at radius 2 is 1.45 bits per heavy atom. The van der Waals surface area contributed by atoms with Crippen LogP contribution in [0.3, 0.4) is 0 Å². The minimum Gasteiger partial charge on any atom is -0.366 e. The molecule has 6 bridgehead atoms. The van der Waals surface area contributed by atoms with Crippen LogP contribution in [-0.4, -0.2) is 6.10 Å². The highest BCUT2D eigenvalue weighted by atomic mass is 16.6. The van der Waals surface area contributed by atoms with Gasteiger partial charge in [-0.1, -0.05) is 60.7 Å². The van der Waals surface area contributed by atoms with Crippen LogP contribution in [0.25, 0.3) is 0 Å². The molecule has 4 aliphatic carbocycles. The molecule has 0 radical (unpaired) electrons. The van der Waals surface area contributed by atoms with Crippen molar-refractivity contribution in [2.24, 2.45) is 23.7 Å². The van der Waals surface area contributed by atoms with Gasteiger partial charge in [0.05, 0.1) is 6.10 Å². The van der Waals surface area contributed by atoms with Crippen LogP contribution in [0.5, 0.6) is 0 Å². The summed E-state index contributed by atoms with van der Waals surface area (Å²) < 4.78 is 6.60. The highest BCUT2D eigenvalue weighted by Crippen LogP contribution is 2.80. The molecular formula is C21H20O. The number of ether oxygens (including phenoxy) is 1. The Morgan fingerprint density at radius 3 is 2.23 bits per heavy atom. The van der Waals surface area contributed by atoms with Crippen LogP contribution in [0.15, 0.2) is 60.7 Å². The first-order valence-electron chi connectivity index (χ1n) is 8.69. The standard InChI is InChI=1S/C21H20O/c1-3-7-13(8-4-1)17-15-11-12-16-18(17)21(19(15)20(16)22-21)14-9-5-2-6-10-14/h1-10,15-20H,11-12H2/t15-,16+,17+,18+,19+,20-,21+/m1/s1. The van der Waals surface area contributed by atoms with Gasteiger partial charge in [-0.3, -0.25) is 0 Å². The maximum absolute atomic E-state index is 6.60. The predicted octanol–water partition coefficient (Wildman–Crippen LogP) is 4.35. The fourth-order valence-electron chi connectivity index (χ4n) is 6.68. The number of fused-ring (bicyclic) bond motifs is 1. The van der Waals surface area contributed by atoms with E-state index in [0.717, 1.165) is 17.8 Å². The average molecular weight is 288 g/mol. The lowest BCUT2D eigenvalue weighted by molar-refractivity contribution is -0.237. The summed E-state index contributed by atoms with van der Waals surface area (Å²) in [5.74, 6) is 3.80. The van der Waals surface area contributed by atoms with E-state index in [-0.39, 0.29) is 5.60 Å². The topological polar surface area (TPSA) is 9.23 Å². The van der Waals surface area contributed by atoms with Crippen molar-refractivity contribution in [3.05, 3.63) is 71.8 Å². The van der Waals surface area contributed by atoms with Crippen molar-refractivity contribution in [1.29, 1.82) is 0 Å². The zero-order valence-electron chi connectivity index (χ0n) is 12.6. The summed E-state index contributed by atoms with van der Waals surface area (Å²) in [7, 11) is 0. The Balaban J connectivity index is 1.53. The summed E-state index contributed by atoms with van der Waals surface area (Å²) in [6, 6.07) is 22.3. The first-order valence-corrected chi connectivity index (χ1v) is 8.69. The van der Waals surface area contributed by atoms with Gasteiger partial charge in [-0.2, -0.15) is 0 Å². The number of benzene rings is 2. The van der Waals surface area contributed by atoms with Crippen molar-refractivity contribution in [2.75, 3.05) is 0 Å². The second-order valence-corrected chi connectivity index (χ2v) is 7.63. The quantitative estimate of drug-likeness (QED) is 0.798. The Bertz CT molecular complexity index is 724. The van der Waals surface area contributed by atoms with Gasteiger partial charge < -0.3 is 4.74 Å². The second kappa shape index (κ2) is 3.83. The van der Waals surface area contributed by atoms with Crippen LogP contribution in [0.4, 0.5) is 0 Å². The summed E-state index contributed by atoms with van der Waals surface area (Å²) in [6.07, 6.45) is 3.35. The van der Waals surface area contributed by atoms with Crippen LogP contribution in [0, 0.1) is 23.7 Å². The molecule has 1 heteroatoms. The Hall–Kier alpha value is -1.60. The molecule has 22 heavy (non-hydrogen) atoms. The van der Waals surface area contributed by atoms with Gasteiger partial charge >= 0.3 is 0 Å². The highest BCUT2D eigenvalue weighted by Gasteiger charge is 2.82. The van der Waals surface area contributed by atoms with Crippen LogP contribution >= 0.6 is 0 Å². The second-order valence-electron chi connectivity index (χ2n) is 7.63. The molecule has 7 atom stereocenters. The van der Waals surface area contributed by atoms with Gasteiger partial charge in [-0.15, -0.1) is 0 Å². The summed E-state index contributed by atoms with van der Waals surface area (Å²) >= 11 is 0. The van der Waals surface area contributed by atoms with Crippen LogP contribution in [0.2, 0.25) is 0 Å². The molecule has 4 saturated carbocycles. The van der Waals surface area contributed by atoms with E-state index >= 15 is 0 Å². The van der Waals surface area contributed by atoms with Crippen LogP contribution in [-0.2, 0) is 10.3 Å². The maximum atomic E-state index is 6.60. The lowest BCUT2D eigenvalue weighted by atomic mass is 9.61. The predicted molar refractivity (Wildman–Crippen MR) is 85.4 cm³/mol. The van der Waals surface area contributed by atoms with Gasteiger partial charge in [0, 0.05) is 11.8 Å². The van der Waals surface area contributed by atoms with E-state index in [1.165, 1.54) is 18.4 Å². The lowest BCUT2D eigenvalue weighted by Gasteiger charge is -2.51. The minimum atomic E-state index is 0.0399. The molecule has 0 spiro atoms. The van der Waals surface area contributed by atoms with E-state index in [0.29, 0.717) is 17.9 Å². The number of hydrogen-bond donors (Lipinski definition) is 0. The Morgan fingerprint density at radius 1 is 0.773 bits per heavy atom. The molecule has 2 aromatic rings. The van der Waals surface area contributed by atoms with E-state index in [9.17, 15) is 0 Å². The zero-order chi connectivity index (χ0) is 14.3. The number of rotatable bonds is 2. The highest BCUT2D eigenvalue weighted by molar-refractivity contribution is 5.43. The van der Waals surface area contributed by atoms with Gasteiger partial charge in [0.1, 0.15) is 5.60 Å². The monoisotopic (exact) mass is 288 g/mol. The van der Waals surface area contributed by atoms with Crippen molar-refractivity contribution in [2.45, 2.75) is 30.5 Å². The molecule has 1 saturated heterocycles. The fourth-order valence-corrected chi connectivity index (χ4v) is 6.68. The lowest BCUT2D eigenvalue weighted by Crippen LogP contribution is -2.53. The molecule has 1 aliphatic heterocycles. The smallest absolute Gasteiger partial charge is 0.103 e. The summed E-state index contributed by atoms with van der Waals surface area (Å²) in [6.45, 7) is 0. The summed E-state index contributed by atoms with van der Waals surface area (Å²) in [5, 5.41) is 0. The van der Waals surface area contributed by atoms with E-state index in [1.807, 2.05) is 0 Å². The van der Waals surface area contributed by atoms with Crippen molar-refractivity contribution in [1.82, 2.24) is 0 Å². The Kier molecular flexibility index (Phi) is 2.07. The maximum Gasteiger partial charge on any atom is 0.103 e. The summed E-state index contributed by atoms with van der Waals surface area (Å²) in [5.41, 5.74) is 3.03. The average Bonchev–Trinajstić information content (AvgIpc) is 3.09. The molecule has 2 aromatic carbocycles. The van der Waals surface area contributed by atoms with Crippen molar-refractivity contribution in [3.8, 4) is 0 Å². The van der Waals surface area contributed by atoms with E-state index in [1.54, 1.807) is 5.56 Å². The van der Waals surface area contributed by atoms with E-state index in [4.69, 9.17) is 4.74 Å². The molecule has 5 aliphatic rings. The third-order valence-corrected chi connectivity index (χ3v) is 7.11. The van der Waals surface area contributed by atoms with E-state index < -0.39 is 0 Å². The molecule has 5 fully saturated rings. The minimum absolute atomic E-state index is 0.0399. The molecule has 1 heterocycles. The van der Waals surface area contributed by atoms with Gasteiger partial charge in [0.2, 0.25) is 0 Å². The van der Waals surface area contributed by atoms with Crippen molar-refractivity contribution in [3.63, 3.8) is 0 Å².